The van der Waals surface area contributed by atoms with Crippen LogP contribution in [0, 0.1) is 0 Å². The van der Waals surface area contributed by atoms with E-state index in [1.807, 2.05) is 14.1 Å². The van der Waals surface area contributed by atoms with Gasteiger partial charge in [0.15, 0.2) is 0 Å². The number of hydrogen-bond donors (Lipinski definition) is 0. The second-order valence-corrected chi connectivity index (χ2v) is 14.5. The standard InChI is InChI=1S/C44H81NO4/c1-6-9-12-14-15-16-17-18-19-20-21-22-23-24-26-29-35-42(49-43(46)37-32-38-45(4)5)36-30-27-31-39-48-44(47)40-41(33-11-8-3)34-28-25-13-10-7-2/h15-16,18-19,40,42H,6-14,17,20-39H2,1-5H3/b16-15-,19-18-,41-40+. The van der Waals surface area contributed by atoms with Crippen molar-refractivity contribution in [2.45, 2.75) is 207 Å². The van der Waals surface area contributed by atoms with E-state index in [1.54, 1.807) is 6.08 Å². The molecule has 286 valence electrons. The van der Waals surface area contributed by atoms with E-state index in [1.165, 1.54) is 102 Å². The molecule has 0 aromatic rings. The fourth-order valence-electron chi connectivity index (χ4n) is 6.07. The van der Waals surface area contributed by atoms with Gasteiger partial charge in [0.1, 0.15) is 6.10 Å². The molecule has 0 aliphatic carbocycles. The fraction of sp³-hybridized carbons (Fsp3) is 0.818. The number of esters is 2. The monoisotopic (exact) mass is 688 g/mol. The predicted molar refractivity (Wildman–Crippen MR) is 212 cm³/mol. The summed E-state index contributed by atoms with van der Waals surface area (Å²) in [6, 6.07) is 0. The molecule has 49 heavy (non-hydrogen) atoms. The van der Waals surface area contributed by atoms with Crippen LogP contribution in [0.15, 0.2) is 36.0 Å². The van der Waals surface area contributed by atoms with Crippen LogP contribution in [0.5, 0.6) is 0 Å². The molecule has 0 aliphatic rings. The summed E-state index contributed by atoms with van der Waals surface area (Å²) in [5, 5.41) is 0. The third-order valence-corrected chi connectivity index (χ3v) is 9.20. The molecule has 5 heteroatoms. The minimum Gasteiger partial charge on any atom is -0.463 e. The van der Waals surface area contributed by atoms with Crippen molar-refractivity contribution < 1.29 is 19.1 Å². The summed E-state index contributed by atoms with van der Waals surface area (Å²) < 4.78 is 11.6. The van der Waals surface area contributed by atoms with Gasteiger partial charge in [-0.1, -0.05) is 121 Å². The first-order chi connectivity index (χ1) is 23.9. The first-order valence-electron chi connectivity index (χ1n) is 20.9. The Bertz CT molecular complexity index is 831. The van der Waals surface area contributed by atoms with Crippen LogP contribution in [-0.2, 0) is 19.1 Å². The molecule has 1 unspecified atom stereocenters. The zero-order valence-corrected chi connectivity index (χ0v) is 33.3. The zero-order valence-electron chi connectivity index (χ0n) is 33.3. The minimum absolute atomic E-state index is 0.00150. The quantitative estimate of drug-likeness (QED) is 0.0284. The van der Waals surface area contributed by atoms with Crippen LogP contribution in [0.1, 0.15) is 201 Å². The Morgan fingerprint density at radius 2 is 1.10 bits per heavy atom. The van der Waals surface area contributed by atoms with Gasteiger partial charge in [0.2, 0.25) is 0 Å². The SMILES string of the molecule is CCCCC/C=C\C/C=C\CCCCCCCCC(CCCCCOC(=O)/C=C(\CCCC)CCCCCCC)OC(=O)CCCN(C)C. The molecule has 0 heterocycles. The lowest BCUT2D eigenvalue weighted by Gasteiger charge is -2.18. The molecule has 0 aromatic heterocycles. The topological polar surface area (TPSA) is 55.8 Å². The van der Waals surface area contributed by atoms with Gasteiger partial charge in [0.25, 0.3) is 0 Å². The fourth-order valence-corrected chi connectivity index (χ4v) is 6.07. The van der Waals surface area contributed by atoms with Crippen molar-refractivity contribution in [1.29, 1.82) is 0 Å². The van der Waals surface area contributed by atoms with Crippen molar-refractivity contribution in [3.63, 3.8) is 0 Å². The van der Waals surface area contributed by atoms with Crippen molar-refractivity contribution in [2.24, 2.45) is 0 Å². The van der Waals surface area contributed by atoms with E-state index in [2.05, 4.69) is 50.0 Å². The van der Waals surface area contributed by atoms with Crippen molar-refractivity contribution in [1.82, 2.24) is 4.90 Å². The molecule has 0 N–H and O–H groups in total. The van der Waals surface area contributed by atoms with Gasteiger partial charge in [-0.2, -0.15) is 0 Å². The molecule has 0 radical (unpaired) electrons. The maximum atomic E-state index is 12.6. The van der Waals surface area contributed by atoms with Gasteiger partial charge in [0.05, 0.1) is 6.61 Å². The molecule has 0 rings (SSSR count). The Morgan fingerprint density at radius 1 is 0.571 bits per heavy atom. The van der Waals surface area contributed by atoms with E-state index in [0.717, 1.165) is 83.6 Å². The Labute approximate surface area is 305 Å². The lowest BCUT2D eigenvalue weighted by atomic mass is 10.0. The number of allylic oxidation sites excluding steroid dienone is 5. The molecule has 0 bridgehead atoms. The molecule has 0 fully saturated rings. The predicted octanol–water partition coefficient (Wildman–Crippen LogP) is 13.0. The van der Waals surface area contributed by atoms with Crippen LogP contribution >= 0.6 is 0 Å². The summed E-state index contributed by atoms with van der Waals surface area (Å²) in [7, 11) is 4.07. The summed E-state index contributed by atoms with van der Waals surface area (Å²) in [5.74, 6) is -0.238. The Balaban J connectivity index is 4.36. The Hall–Kier alpha value is -1.88. The molecular weight excluding hydrogens is 606 g/mol. The summed E-state index contributed by atoms with van der Waals surface area (Å²) in [6.45, 7) is 8.06. The lowest BCUT2D eigenvalue weighted by Crippen LogP contribution is -2.20. The molecule has 0 spiro atoms. The van der Waals surface area contributed by atoms with Crippen molar-refractivity contribution in [3.05, 3.63) is 36.0 Å². The van der Waals surface area contributed by atoms with Crippen molar-refractivity contribution >= 4 is 11.9 Å². The van der Waals surface area contributed by atoms with Gasteiger partial charge in [-0.25, -0.2) is 4.79 Å². The highest BCUT2D eigenvalue weighted by Gasteiger charge is 2.14. The van der Waals surface area contributed by atoms with Gasteiger partial charge in [0, 0.05) is 12.5 Å². The average Bonchev–Trinajstić information content (AvgIpc) is 3.07. The zero-order chi connectivity index (χ0) is 36.0. The van der Waals surface area contributed by atoms with Crippen LogP contribution < -0.4 is 0 Å². The minimum atomic E-state index is -0.179. The highest BCUT2D eigenvalue weighted by molar-refractivity contribution is 5.82. The second-order valence-electron chi connectivity index (χ2n) is 14.5. The second kappa shape index (κ2) is 37.4. The van der Waals surface area contributed by atoms with Crippen LogP contribution in [0.4, 0.5) is 0 Å². The van der Waals surface area contributed by atoms with Crippen molar-refractivity contribution in [2.75, 3.05) is 27.2 Å². The van der Waals surface area contributed by atoms with Gasteiger partial charge < -0.3 is 14.4 Å². The molecular formula is C44H81NO4. The maximum absolute atomic E-state index is 12.6. The first-order valence-corrected chi connectivity index (χ1v) is 20.9. The largest absolute Gasteiger partial charge is 0.463 e. The number of carbonyl (C=O) groups excluding carboxylic acids is 2. The van der Waals surface area contributed by atoms with E-state index in [0.29, 0.717) is 13.0 Å². The van der Waals surface area contributed by atoms with E-state index in [-0.39, 0.29) is 18.0 Å². The van der Waals surface area contributed by atoms with Crippen molar-refractivity contribution in [3.8, 4) is 0 Å². The highest BCUT2D eigenvalue weighted by atomic mass is 16.5. The number of ether oxygens (including phenoxy) is 2. The maximum Gasteiger partial charge on any atom is 0.330 e. The van der Waals surface area contributed by atoms with Crippen LogP contribution in [0.25, 0.3) is 0 Å². The molecule has 0 saturated carbocycles. The van der Waals surface area contributed by atoms with E-state index >= 15 is 0 Å². The third kappa shape index (κ3) is 35.7. The average molecular weight is 688 g/mol. The van der Waals surface area contributed by atoms with Gasteiger partial charge in [-0.05, 0) is 123 Å². The van der Waals surface area contributed by atoms with Gasteiger partial charge >= 0.3 is 11.9 Å². The van der Waals surface area contributed by atoms with Gasteiger partial charge in [-0.15, -0.1) is 0 Å². The first kappa shape index (κ1) is 47.1. The summed E-state index contributed by atoms with van der Waals surface area (Å²) in [4.78, 5) is 27.2. The van der Waals surface area contributed by atoms with E-state index in [9.17, 15) is 9.59 Å². The molecule has 0 saturated heterocycles. The summed E-state index contributed by atoms with van der Waals surface area (Å²) in [6.07, 6.45) is 42.4. The van der Waals surface area contributed by atoms with E-state index in [4.69, 9.17) is 9.47 Å². The van der Waals surface area contributed by atoms with Crippen LogP contribution in [0.2, 0.25) is 0 Å². The lowest BCUT2D eigenvalue weighted by molar-refractivity contribution is -0.150. The smallest absolute Gasteiger partial charge is 0.330 e. The highest BCUT2D eigenvalue weighted by Crippen LogP contribution is 2.19. The number of rotatable bonds is 36. The molecule has 0 amide bonds. The third-order valence-electron chi connectivity index (χ3n) is 9.20. The van der Waals surface area contributed by atoms with Crippen LogP contribution in [-0.4, -0.2) is 50.2 Å². The normalized spacial score (nSPS) is 12.8. The molecule has 5 nitrogen and oxygen atoms in total. The summed E-state index contributed by atoms with van der Waals surface area (Å²) in [5.41, 5.74) is 1.25. The molecule has 0 aliphatic heterocycles. The number of unbranched alkanes of at least 4 members (excludes halogenated alkanes) is 16. The molecule has 1 atom stereocenters. The Kier molecular flexibility index (Phi) is 35.9. The Morgan fingerprint density at radius 3 is 1.76 bits per heavy atom. The van der Waals surface area contributed by atoms with E-state index < -0.39 is 0 Å². The number of hydrogen-bond acceptors (Lipinski definition) is 5. The molecule has 0 aromatic carbocycles. The number of nitrogens with zero attached hydrogens (tertiary/aromatic N) is 1. The van der Waals surface area contributed by atoms with Gasteiger partial charge in [-0.3, -0.25) is 4.79 Å². The van der Waals surface area contributed by atoms with Crippen LogP contribution in [0.3, 0.4) is 0 Å². The number of carbonyl (C=O) groups is 2. The summed E-state index contributed by atoms with van der Waals surface area (Å²) >= 11 is 0.